The molecule has 0 aliphatic heterocycles. The zero-order valence-electron chi connectivity index (χ0n) is 16.9. The standard InChI is InChI=1S/C22H20Cl2N2O5/c1-13-8-18(14(2)26(13)11-16-4-3-7-30-16)20(27)12-31-21(28)10-25-22(29)17-6-5-15(23)9-19(17)24/h3-9H,10-12H2,1-2H3,(H,25,29). The molecule has 1 amide bonds. The second-order valence-electron chi connectivity index (χ2n) is 6.84. The lowest BCUT2D eigenvalue weighted by Crippen LogP contribution is -2.31. The number of carbonyl (C=O) groups is 3. The SMILES string of the molecule is Cc1cc(C(=O)COC(=O)CNC(=O)c2ccc(Cl)cc2Cl)c(C)n1Cc1ccco1. The molecule has 162 valence electrons. The maximum Gasteiger partial charge on any atom is 0.325 e. The van der Waals surface area contributed by atoms with Gasteiger partial charge in [0.1, 0.15) is 12.3 Å². The largest absolute Gasteiger partial charge is 0.467 e. The molecule has 0 saturated carbocycles. The van der Waals surface area contributed by atoms with Crippen molar-refractivity contribution in [2.75, 3.05) is 13.2 Å². The van der Waals surface area contributed by atoms with Gasteiger partial charge in [-0.05, 0) is 50.2 Å². The van der Waals surface area contributed by atoms with E-state index in [1.165, 1.54) is 18.2 Å². The average molecular weight is 463 g/mol. The van der Waals surface area contributed by atoms with Crippen LogP contribution >= 0.6 is 23.2 Å². The van der Waals surface area contributed by atoms with Gasteiger partial charge in [-0.15, -0.1) is 0 Å². The van der Waals surface area contributed by atoms with Gasteiger partial charge in [0, 0.05) is 22.0 Å². The molecule has 0 bridgehead atoms. The van der Waals surface area contributed by atoms with Crippen LogP contribution in [0.25, 0.3) is 0 Å². The highest BCUT2D eigenvalue weighted by Gasteiger charge is 2.19. The number of Topliss-reactive ketones (excluding diaryl/α,β-unsaturated/α-hetero) is 1. The molecule has 0 saturated heterocycles. The van der Waals surface area contributed by atoms with Crippen molar-refractivity contribution in [3.05, 3.63) is 81.0 Å². The predicted octanol–water partition coefficient (Wildman–Crippen LogP) is 4.21. The van der Waals surface area contributed by atoms with Crippen LogP contribution in [-0.4, -0.2) is 35.4 Å². The second kappa shape index (κ2) is 9.85. The predicted molar refractivity (Wildman–Crippen MR) is 116 cm³/mol. The normalized spacial score (nSPS) is 10.7. The van der Waals surface area contributed by atoms with Crippen molar-refractivity contribution < 1.29 is 23.5 Å². The molecule has 0 spiro atoms. The Hall–Kier alpha value is -3.03. The lowest BCUT2D eigenvalue weighted by molar-refractivity contribution is -0.141. The summed E-state index contributed by atoms with van der Waals surface area (Å²) in [4.78, 5) is 36.6. The molecule has 1 N–H and O–H groups in total. The van der Waals surface area contributed by atoms with Crippen LogP contribution in [-0.2, 0) is 16.1 Å². The summed E-state index contributed by atoms with van der Waals surface area (Å²) in [5, 5.41) is 2.96. The minimum atomic E-state index is -0.740. The Morgan fingerprint density at radius 2 is 1.87 bits per heavy atom. The van der Waals surface area contributed by atoms with Gasteiger partial charge in [-0.2, -0.15) is 0 Å². The van der Waals surface area contributed by atoms with Crippen LogP contribution in [0.3, 0.4) is 0 Å². The Morgan fingerprint density at radius 3 is 2.55 bits per heavy atom. The number of halogens is 2. The summed E-state index contributed by atoms with van der Waals surface area (Å²) in [6.07, 6.45) is 1.59. The molecule has 0 atom stereocenters. The number of aromatic nitrogens is 1. The van der Waals surface area contributed by atoms with Crippen molar-refractivity contribution >= 4 is 40.9 Å². The van der Waals surface area contributed by atoms with E-state index in [2.05, 4.69) is 5.32 Å². The molecule has 0 aliphatic rings. The number of ether oxygens (including phenoxy) is 1. The van der Waals surface area contributed by atoms with Crippen LogP contribution in [0.5, 0.6) is 0 Å². The summed E-state index contributed by atoms with van der Waals surface area (Å²) < 4.78 is 12.3. The van der Waals surface area contributed by atoms with E-state index in [1.54, 1.807) is 18.4 Å². The Balaban J connectivity index is 1.53. The number of hydrogen-bond donors (Lipinski definition) is 1. The molecule has 3 aromatic rings. The quantitative estimate of drug-likeness (QED) is 0.399. The van der Waals surface area contributed by atoms with E-state index in [0.717, 1.165) is 17.1 Å². The summed E-state index contributed by atoms with van der Waals surface area (Å²) in [7, 11) is 0. The molecule has 3 rings (SSSR count). The third-order valence-electron chi connectivity index (χ3n) is 4.70. The monoisotopic (exact) mass is 462 g/mol. The second-order valence-corrected chi connectivity index (χ2v) is 7.68. The zero-order valence-corrected chi connectivity index (χ0v) is 18.4. The maximum absolute atomic E-state index is 12.5. The molecule has 0 aliphatic carbocycles. The van der Waals surface area contributed by atoms with E-state index < -0.39 is 25.0 Å². The minimum absolute atomic E-state index is 0.165. The van der Waals surface area contributed by atoms with E-state index in [0.29, 0.717) is 17.1 Å². The first kappa shape index (κ1) is 22.7. The Labute approximate surface area is 188 Å². The Bertz CT molecular complexity index is 1120. The van der Waals surface area contributed by atoms with Crippen LogP contribution in [0.15, 0.2) is 47.1 Å². The van der Waals surface area contributed by atoms with E-state index in [9.17, 15) is 14.4 Å². The molecule has 0 fully saturated rings. The molecular weight excluding hydrogens is 443 g/mol. The van der Waals surface area contributed by atoms with Crippen molar-refractivity contribution in [3.8, 4) is 0 Å². The smallest absolute Gasteiger partial charge is 0.325 e. The van der Waals surface area contributed by atoms with Gasteiger partial charge in [-0.3, -0.25) is 14.4 Å². The number of carbonyl (C=O) groups excluding carboxylic acids is 3. The topological polar surface area (TPSA) is 90.5 Å². The number of hydrogen-bond acceptors (Lipinski definition) is 5. The highest BCUT2D eigenvalue weighted by molar-refractivity contribution is 6.36. The van der Waals surface area contributed by atoms with Gasteiger partial charge in [0.2, 0.25) is 5.78 Å². The van der Waals surface area contributed by atoms with E-state index >= 15 is 0 Å². The maximum atomic E-state index is 12.5. The van der Waals surface area contributed by atoms with E-state index in [4.69, 9.17) is 32.4 Å². The Morgan fingerprint density at radius 1 is 1.10 bits per heavy atom. The first-order valence-corrected chi connectivity index (χ1v) is 10.1. The van der Waals surface area contributed by atoms with Crippen LogP contribution in [0, 0.1) is 13.8 Å². The van der Waals surface area contributed by atoms with Gasteiger partial charge in [-0.25, -0.2) is 0 Å². The molecule has 0 unspecified atom stereocenters. The number of furan rings is 1. The van der Waals surface area contributed by atoms with Gasteiger partial charge in [0.05, 0.1) is 23.4 Å². The summed E-state index contributed by atoms with van der Waals surface area (Å²) in [5.74, 6) is -0.856. The van der Waals surface area contributed by atoms with Crippen LogP contribution in [0.4, 0.5) is 0 Å². The minimum Gasteiger partial charge on any atom is -0.467 e. The number of nitrogens with zero attached hydrogens (tertiary/aromatic N) is 1. The first-order chi connectivity index (χ1) is 14.8. The zero-order chi connectivity index (χ0) is 22.5. The van der Waals surface area contributed by atoms with Gasteiger partial charge in [0.15, 0.2) is 6.61 Å². The molecule has 0 radical (unpaired) electrons. The lowest BCUT2D eigenvalue weighted by atomic mass is 10.1. The molecule has 1 aromatic carbocycles. The van der Waals surface area contributed by atoms with E-state index in [1.807, 2.05) is 24.5 Å². The third-order valence-corrected chi connectivity index (χ3v) is 5.25. The highest BCUT2D eigenvalue weighted by Crippen LogP contribution is 2.21. The summed E-state index contributed by atoms with van der Waals surface area (Å²) in [6.45, 7) is 3.37. The van der Waals surface area contributed by atoms with Crippen molar-refractivity contribution in [1.82, 2.24) is 9.88 Å². The van der Waals surface area contributed by atoms with Gasteiger partial charge < -0.3 is 19.0 Å². The fourth-order valence-corrected chi connectivity index (χ4v) is 3.58. The van der Waals surface area contributed by atoms with Gasteiger partial charge in [-0.1, -0.05) is 23.2 Å². The number of benzene rings is 1. The number of aryl methyl sites for hydroxylation is 1. The number of ketones is 1. The average Bonchev–Trinajstić information content (AvgIpc) is 3.34. The van der Waals surface area contributed by atoms with Gasteiger partial charge in [0.25, 0.3) is 5.91 Å². The lowest BCUT2D eigenvalue weighted by Gasteiger charge is -2.09. The third kappa shape index (κ3) is 5.57. The number of amides is 1. The van der Waals surface area contributed by atoms with Crippen molar-refractivity contribution in [1.29, 1.82) is 0 Å². The Kier molecular flexibility index (Phi) is 7.20. The fourth-order valence-electron chi connectivity index (χ4n) is 3.08. The van der Waals surface area contributed by atoms with Crippen LogP contribution < -0.4 is 5.32 Å². The summed E-state index contributed by atoms with van der Waals surface area (Å²) in [6, 6.07) is 9.80. The number of nitrogens with one attached hydrogen (secondary N) is 1. The van der Waals surface area contributed by atoms with Crippen molar-refractivity contribution in [3.63, 3.8) is 0 Å². The first-order valence-electron chi connectivity index (χ1n) is 9.37. The molecule has 7 nitrogen and oxygen atoms in total. The fraction of sp³-hybridized carbons (Fsp3) is 0.227. The van der Waals surface area contributed by atoms with E-state index in [-0.39, 0.29) is 16.4 Å². The summed E-state index contributed by atoms with van der Waals surface area (Å²) >= 11 is 11.8. The van der Waals surface area contributed by atoms with Crippen LogP contribution in [0.2, 0.25) is 10.0 Å². The molecular formula is C22H20Cl2N2O5. The molecule has 2 heterocycles. The molecule has 2 aromatic heterocycles. The number of esters is 1. The van der Waals surface area contributed by atoms with Crippen LogP contribution in [0.1, 0.15) is 37.9 Å². The number of rotatable bonds is 8. The van der Waals surface area contributed by atoms with Crippen molar-refractivity contribution in [2.45, 2.75) is 20.4 Å². The molecule has 31 heavy (non-hydrogen) atoms. The highest BCUT2D eigenvalue weighted by atomic mass is 35.5. The molecule has 9 heteroatoms. The van der Waals surface area contributed by atoms with Crippen molar-refractivity contribution in [2.24, 2.45) is 0 Å². The summed E-state index contributed by atoms with van der Waals surface area (Å²) in [5.41, 5.74) is 2.28. The van der Waals surface area contributed by atoms with Gasteiger partial charge >= 0.3 is 5.97 Å².